The van der Waals surface area contributed by atoms with Gasteiger partial charge in [-0.3, -0.25) is 9.69 Å². The number of aromatic nitrogens is 3. The molecule has 6 nitrogen and oxygen atoms in total. The molecule has 8 heteroatoms. The maximum Gasteiger partial charge on any atom is 0.252 e. The van der Waals surface area contributed by atoms with Gasteiger partial charge < -0.3 is 8.98 Å². The third kappa shape index (κ3) is 4.58. The topological polar surface area (TPSA) is 64.2 Å². The normalized spacial score (nSPS) is 11.5. The number of thiazole rings is 1. The van der Waals surface area contributed by atoms with E-state index in [1.807, 2.05) is 29.8 Å². The molecule has 0 atom stereocenters. The summed E-state index contributed by atoms with van der Waals surface area (Å²) in [5.41, 5.74) is 1.86. The first-order valence-electron chi connectivity index (χ1n) is 9.15. The zero-order valence-electron chi connectivity index (χ0n) is 15.8. The summed E-state index contributed by atoms with van der Waals surface area (Å²) in [7, 11) is 0. The molecular weight excluding hydrogens is 408 g/mol. The average molecular weight is 427 g/mol. The Kier molecular flexibility index (Phi) is 5.78. The molecule has 0 N–H and O–H groups in total. The van der Waals surface area contributed by atoms with Gasteiger partial charge in [-0.1, -0.05) is 22.9 Å². The minimum absolute atomic E-state index is 0.144. The van der Waals surface area contributed by atoms with E-state index in [1.165, 1.54) is 17.4 Å². The highest BCUT2D eigenvalue weighted by molar-refractivity contribution is 7.22. The maximum absolute atomic E-state index is 13.0. The Bertz CT molecular complexity index is 1130. The number of carbonyl (C=O) groups excluding carboxylic acids is 1. The van der Waals surface area contributed by atoms with Crippen molar-refractivity contribution in [2.24, 2.45) is 0 Å². The molecule has 1 aromatic carbocycles. The fraction of sp³-hybridized carbons (Fsp3) is 0.190. The molecule has 0 bridgehead atoms. The highest BCUT2D eigenvalue weighted by atomic mass is 35.5. The minimum atomic E-state index is -0.144. The number of halogens is 1. The van der Waals surface area contributed by atoms with E-state index in [-0.39, 0.29) is 5.91 Å². The largest absolute Gasteiger partial charge is 0.465 e. The fourth-order valence-corrected chi connectivity index (χ4v) is 4.47. The zero-order valence-corrected chi connectivity index (χ0v) is 17.4. The molecule has 0 saturated carbocycles. The van der Waals surface area contributed by atoms with Gasteiger partial charge in [0.25, 0.3) is 5.91 Å². The second kappa shape index (κ2) is 8.63. The van der Waals surface area contributed by atoms with E-state index in [0.29, 0.717) is 22.5 Å². The first-order valence-corrected chi connectivity index (χ1v) is 10.3. The molecule has 0 aliphatic carbocycles. The van der Waals surface area contributed by atoms with Gasteiger partial charge in [0, 0.05) is 36.6 Å². The number of nitrogens with zero attached hydrogens (tertiary/aromatic N) is 4. The second-order valence-corrected chi connectivity index (χ2v) is 8.00. The quantitative estimate of drug-likeness (QED) is 0.382. The van der Waals surface area contributed by atoms with E-state index in [0.717, 1.165) is 28.7 Å². The number of hydrogen-bond acceptors (Lipinski definition) is 5. The zero-order chi connectivity index (χ0) is 20.2. The lowest BCUT2D eigenvalue weighted by molar-refractivity contribution is -0.114. The Morgan fingerprint density at radius 1 is 1.41 bits per heavy atom. The number of rotatable bonds is 7. The molecule has 3 aromatic heterocycles. The average Bonchev–Trinajstić information content (AvgIpc) is 3.44. The van der Waals surface area contributed by atoms with E-state index in [4.69, 9.17) is 21.0 Å². The predicted octanol–water partition coefficient (Wildman–Crippen LogP) is 5.18. The van der Waals surface area contributed by atoms with Gasteiger partial charge in [-0.2, -0.15) is 0 Å². The molecule has 0 saturated heterocycles. The van der Waals surface area contributed by atoms with Gasteiger partial charge in [0.15, 0.2) is 5.13 Å². The smallest absolute Gasteiger partial charge is 0.252 e. The highest BCUT2D eigenvalue weighted by Crippen LogP contribution is 2.33. The maximum atomic E-state index is 13.0. The molecular formula is C21H19ClN4O2S. The number of amides is 1. The van der Waals surface area contributed by atoms with Crippen molar-refractivity contribution in [2.45, 2.75) is 19.9 Å². The van der Waals surface area contributed by atoms with Crippen molar-refractivity contribution in [2.75, 3.05) is 11.4 Å². The van der Waals surface area contributed by atoms with Crippen LogP contribution in [0.2, 0.25) is 5.02 Å². The lowest BCUT2D eigenvalue weighted by atomic mass is 10.2. The Labute approximate surface area is 177 Å². The summed E-state index contributed by atoms with van der Waals surface area (Å²) in [4.78, 5) is 23.5. The van der Waals surface area contributed by atoms with Gasteiger partial charge in [0.05, 0.1) is 22.8 Å². The molecule has 4 aromatic rings. The summed E-state index contributed by atoms with van der Waals surface area (Å²) in [5, 5.41) is 1.32. The molecule has 0 radical (unpaired) electrons. The second-order valence-electron chi connectivity index (χ2n) is 6.56. The summed E-state index contributed by atoms with van der Waals surface area (Å²) in [6.45, 7) is 3.27. The first-order chi connectivity index (χ1) is 14.1. The van der Waals surface area contributed by atoms with Crippen LogP contribution in [0.4, 0.5) is 5.13 Å². The first kappa shape index (κ1) is 19.4. The van der Waals surface area contributed by atoms with Crippen LogP contribution >= 0.6 is 22.9 Å². The van der Waals surface area contributed by atoms with Gasteiger partial charge in [-0.15, -0.1) is 0 Å². The van der Waals surface area contributed by atoms with Crippen LogP contribution in [-0.4, -0.2) is 27.0 Å². The predicted molar refractivity (Wildman–Crippen MR) is 116 cm³/mol. The van der Waals surface area contributed by atoms with Crippen molar-refractivity contribution in [1.82, 2.24) is 14.5 Å². The summed E-state index contributed by atoms with van der Waals surface area (Å²) < 4.78 is 8.24. The van der Waals surface area contributed by atoms with Crippen molar-refractivity contribution in [3.8, 4) is 0 Å². The molecule has 0 aliphatic heterocycles. The van der Waals surface area contributed by atoms with E-state index in [1.54, 1.807) is 41.9 Å². The highest BCUT2D eigenvalue weighted by Gasteiger charge is 2.19. The third-order valence-electron chi connectivity index (χ3n) is 4.43. The van der Waals surface area contributed by atoms with Crippen LogP contribution in [0, 0.1) is 6.92 Å². The monoisotopic (exact) mass is 426 g/mol. The SMILES string of the molecule is Cc1cc(Cl)cc2sc(N(CCCn3ccnc3)C(=O)/C=C/c3ccco3)nc12. The van der Waals surface area contributed by atoms with Crippen LogP contribution in [-0.2, 0) is 11.3 Å². The van der Waals surface area contributed by atoms with Crippen molar-refractivity contribution >= 4 is 50.3 Å². The van der Waals surface area contributed by atoms with Gasteiger partial charge in [-0.25, -0.2) is 9.97 Å². The van der Waals surface area contributed by atoms with E-state index < -0.39 is 0 Å². The number of hydrogen-bond donors (Lipinski definition) is 0. The molecule has 4 rings (SSSR count). The van der Waals surface area contributed by atoms with Crippen LogP contribution in [0.3, 0.4) is 0 Å². The number of carbonyl (C=O) groups is 1. The Morgan fingerprint density at radius 2 is 2.31 bits per heavy atom. The summed E-state index contributed by atoms with van der Waals surface area (Å²) in [6, 6.07) is 7.36. The van der Waals surface area contributed by atoms with Crippen LogP contribution in [0.25, 0.3) is 16.3 Å². The van der Waals surface area contributed by atoms with Crippen molar-refractivity contribution in [1.29, 1.82) is 0 Å². The Morgan fingerprint density at radius 3 is 3.07 bits per heavy atom. The van der Waals surface area contributed by atoms with Gasteiger partial charge in [-0.05, 0) is 49.2 Å². The van der Waals surface area contributed by atoms with Gasteiger partial charge in [0.1, 0.15) is 5.76 Å². The molecule has 0 fully saturated rings. The number of anilines is 1. The van der Waals surface area contributed by atoms with Crippen LogP contribution < -0.4 is 4.90 Å². The van der Waals surface area contributed by atoms with Crippen LogP contribution in [0.5, 0.6) is 0 Å². The summed E-state index contributed by atoms with van der Waals surface area (Å²) in [5.74, 6) is 0.485. The lowest BCUT2D eigenvalue weighted by Crippen LogP contribution is -2.30. The molecule has 0 spiro atoms. The standard InChI is InChI=1S/C21H19ClN4O2S/c1-15-12-16(22)13-18-20(15)24-21(29-18)26(9-3-8-25-10-7-23-14-25)19(27)6-5-17-4-2-11-28-17/h2,4-7,10-14H,3,8-9H2,1H3/b6-5+. The van der Waals surface area contributed by atoms with E-state index in [2.05, 4.69) is 4.98 Å². The molecule has 0 aliphatic rings. The van der Waals surface area contributed by atoms with Crippen LogP contribution in [0.15, 0.2) is 59.7 Å². The number of benzene rings is 1. The summed E-state index contributed by atoms with van der Waals surface area (Å²) >= 11 is 7.66. The number of furan rings is 1. The Hall–Kier alpha value is -2.90. The molecule has 148 valence electrons. The molecule has 29 heavy (non-hydrogen) atoms. The van der Waals surface area contributed by atoms with Crippen molar-refractivity contribution < 1.29 is 9.21 Å². The fourth-order valence-electron chi connectivity index (χ4n) is 3.02. The molecule has 0 unspecified atom stereocenters. The van der Waals surface area contributed by atoms with E-state index in [9.17, 15) is 4.79 Å². The van der Waals surface area contributed by atoms with Crippen molar-refractivity contribution in [3.63, 3.8) is 0 Å². The molecule has 3 heterocycles. The Balaban J connectivity index is 1.59. The van der Waals surface area contributed by atoms with Crippen molar-refractivity contribution in [3.05, 3.63) is 71.7 Å². The number of imidazole rings is 1. The minimum Gasteiger partial charge on any atom is -0.465 e. The van der Waals surface area contributed by atoms with Gasteiger partial charge in [0.2, 0.25) is 0 Å². The van der Waals surface area contributed by atoms with E-state index >= 15 is 0 Å². The number of fused-ring (bicyclic) bond motifs is 1. The van der Waals surface area contributed by atoms with Crippen LogP contribution in [0.1, 0.15) is 17.7 Å². The lowest BCUT2D eigenvalue weighted by Gasteiger charge is -2.18. The number of aryl methyl sites for hydroxylation is 2. The molecule has 1 amide bonds. The third-order valence-corrected chi connectivity index (χ3v) is 5.67. The summed E-state index contributed by atoms with van der Waals surface area (Å²) in [6.07, 6.45) is 11.0. The van der Waals surface area contributed by atoms with Gasteiger partial charge >= 0.3 is 0 Å².